The average Bonchev–Trinajstić information content (AvgIpc) is 2.80. The first-order chi connectivity index (χ1) is 7.45. The maximum absolute atomic E-state index is 4.29. The van der Waals surface area contributed by atoms with Crippen LogP contribution in [0.5, 0.6) is 0 Å². The first-order valence-corrected chi connectivity index (χ1v) is 5.26. The highest BCUT2D eigenvalue weighted by Gasteiger charge is 1.99. The van der Waals surface area contributed by atoms with Gasteiger partial charge in [-0.2, -0.15) is 0 Å². The molecule has 1 heterocycles. The Morgan fingerprint density at radius 1 is 1.00 bits per heavy atom. The fraction of sp³-hybridized carbons (Fsp3) is 0.154. The Balaban J connectivity index is 0.000000404. The maximum atomic E-state index is 4.29. The summed E-state index contributed by atoms with van der Waals surface area (Å²) in [5, 5.41) is 2.45. The van der Waals surface area contributed by atoms with Crippen molar-refractivity contribution >= 4 is 21.8 Å². The van der Waals surface area contributed by atoms with E-state index < -0.39 is 0 Å². The van der Waals surface area contributed by atoms with Gasteiger partial charge in [0.15, 0.2) is 0 Å². The molecule has 0 spiro atoms. The third kappa shape index (κ3) is 1.59. The fourth-order valence-electron chi connectivity index (χ4n) is 1.68. The van der Waals surface area contributed by atoms with E-state index in [9.17, 15) is 0 Å². The van der Waals surface area contributed by atoms with E-state index in [0.717, 1.165) is 11.0 Å². The summed E-state index contributed by atoms with van der Waals surface area (Å²) in [6, 6.07) is 12.4. The van der Waals surface area contributed by atoms with Gasteiger partial charge in [0.25, 0.3) is 0 Å². The van der Waals surface area contributed by atoms with Gasteiger partial charge in [0.2, 0.25) is 0 Å². The number of aromatic nitrogens is 2. The molecule has 15 heavy (non-hydrogen) atoms. The molecule has 1 N–H and O–H groups in total. The Hall–Kier alpha value is -1.83. The van der Waals surface area contributed by atoms with Crippen LogP contribution in [0.1, 0.15) is 13.8 Å². The number of H-pyrrole nitrogens is 1. The third-order valence-corrected chi connectivity index (χ3v) is 2.31. The third-order valence-electron chi connectivity index (χ3n) is 2.31. The number of hydrogen-bond acceptors (Lipinski definition) is 1. The molecule has 0 atom stereocenters. The van der Waals surface area contributed by atoms with Crippen molar-refractivity contribution in [3.63, 3.8) is 0 Å². The van der Waals surface area contributed by atoms with Gasteiger partial charge in [0, 0.05) is 5.39 Å². The van der Waals surface area contributed by atoms with Crippen LogP contribution in [0, 0.1) is 0 Å². The summed E-state index contributed by atoms with van der Waals surface area (Å²) in [5.74, 6) is 0. The van der Waals surface area contributed by atoms with Gasteiger partial charge in [0.1, 0.15) is 0 Å². The maximum Gasteiger partial charge on any atom is 0.0960 e. The molecule has 0 aliphatic carbocycles. The first-order valence-electron chi connectivity index (χ1n) is 5.26. The number of nitrogens with one attached hydrogen (secondary N) is 1. The molecule has 0 saturated carbocycles. The number of rotatable bonds is 0. The van der Waals surface area contributed by atoms with Crippen molar-refractivity contribution < 1.29 is 0 Å². The SMILES string of the molecule is CC.c1ccc2c(c1)ccc1[nH]cnc12. The van der Waals surface area contributed by atoms with Gasteiger partial charge >= 0.3 is 0 Å². The van der Waals surface area contributed by atoms with Crippen molar-refractivity contribution in [1.82, 2.24) is 9.97 Å². The molecule has 0 amide bonds. The normalized spacial score (nSPS) is 10.0. The lowest BCUT2D eigenvalue weighted by Gasteiger charge is -1.96. The molecule has 3 aromatic rings. The van der Waals surface area contributed by atoms with E-state index in [4.69, 9.17) is 0 Å². The van der Waals surface area contributed by atoms with Crippen LogP contribution < -0.4 is 0 Å². The zero-order valence-corrected chi connectivity index (χ0v) is 8.99. The first kappa shape index (κ1) is 9.71. The van der Waals surface area contributed by atoms with Crippen LogP contribution in [0.25, 0.3) is 21.8 Å². The number of hydrogen-bond donors (Lipinski definition) is 1. The predicted octanol–water partition coefficient (Wildman–Crippen LogP) is 3.74. The second-order valence-electron chi connectivity index (χ2n) is 3.09. The molecule has 0 radical (unpaired) electrons. The lowest BCUT2D eigenvalue weighted by molar-refractivity contribution is 1.35. The average molecular weight is 198 g/mol. The number of imidazole rings is 1. The fourth-order valence-corrected chi connectivity index (χ4v) is 1.68. The zero-order chi connectivity index (χ0) is 10.7. The molecular weight excluding hydrogens is 184 g/mol. The van der Waals surface area contributed by atoms with Crippen molar-refractivity contribution in [2.45, 2.75) is 13.8 Å². The highest BCUT2D eigenvalue weighted by Crippen LogP contribution is 2.21. The van der Waals surface area contributed by atoms with Crippen molar-refractivity contribution in [3.05, 3.63) is 42.7 Å². The Labute approximate surface area is 89.0 Å². The summed E-state index contributed by atoms with van der Waals surface area (Å²) in [7, 11) is 0. The number of aromatic amines is 1. The Morgan fingerprint density at radius 3 is 2.67 bits per heavy atom. The minimum absolute atomic E-state index is 1.05. The van der Waals surface area contributed by atoms with Gasteiger partial charge in [-0.1, -0.05) is 44.2 Å². The number of benzene rings is 2. The summed E-state index contributed by atoms with van der Waals surface area (Å²) < 4.78 is 0. The molecule has 2 nitrogen and oxygen atoms in total. The highest BCUT2D eigenvalue weighted by atomic mass is 14.9. The van der Waals surface area contributed by atoms with E-state index in [2.05, 4.69) is 34.2 Å². The van der Waals surface area contributed by atoms with Crippen LogP contribution in [-0.4, -0.2) is 9.97 Å². The van der Waals surface area contributed by atoms with Crippen LogP contribution >= 0.6 is 0 Å². The predicted molar refractivity (Wildman–Crippen MR) is 64.9 cm³/mol. The molecule has 0 aliphatic heterocycles. The monoisotopic (exact) mass is 198 g/mol. The van der Waals surface area contributed by atoms with Crippen molar-refractivity contribution in [2.75, 3.05) is 0 Å². The van der Waals surface area contributed by atoms with E-state index in [1.807, 2.05) is 26.0 Å². The van der Waals surface area contributed by atoms with E-state index >= 15 is 0 Å². The van der Waals surface area contributed by atoms with Crippen molar-refractivity contribution in [1.29, 1.82) is 0 Å². The largest absolute Gasteiger partial charge is 0.345 e. The Morgan fingerprint density at radius 2 is 1.80 bits per heavy atom. The standard InChI is InChI=1S/C11H8N2.C2H6/c1-2-4-9-8(3-1)5-6-10-11(9)13-7-12-10;1-2/h1-7H,(H,12,13);1-2H3. The summed E-state index contributed by atoms with van der Waals surface area (Å²) in [4.78, 5) is 7.39. The van der Waals surface area contributed by atoms with E-state index in [0.29, 0.717) is 0 Å². The second kappa shape index (κ2) is 4.13. The topological polar surface area (TPSA) is 28.7 Å². The summed E-state index contributed by atoms with van der Waals surface area (Å²) in [6.07, 6.45) is 1.73. The van der Waals surface area contributed by atoms with Gasteiger partial charge in [-0.05, 0) is 11.5 Å². The van der Waals surface area contributed by atoms with Crippen LogP contribution in [0.4, 0.5) is 0 Å². The van der Waals surface area contributed by atoms with Gasteiger partial charge in [-0.3, -0.25) is 0 Å². The van der Waals surface area contributed by atoms with Crippen LogP contribution in [0.2, 0.25) is 0 Å². The van der Waals surface area contributed by atoms with Crippen LogP contribution in [0.15, 0.2) is 42.7 Å². The summed E-state index contributed by atoms with van der Waals surface area (Å²) in [6.45, 7) is 4.00. The van der Waals surface area contributed by atoms with E-state index in [-0.39, 0.29) is 0 Å². The number of nitrogens with zero attached hydrogens (tertiary/aromatic N) is 1. The minimum Gasteiger partial charge on any atom is -0.345 e. The second-order valence-corrected chi connectivity index (χ2v) is 3.09. The smallest absolute Gasteiger partial charge is 0.0960 e. The molecule has 0 unspecified atom stereocenters. The molecule has 1 aromatic heterocycles. The molecule has 0 aliphatic rings. The quantitative estimate of drug-likeness (QED) is 0.585. The van der Waals surface area contributed by atoms with E-state index in [1.54, 1.807) is 6.33 Å². The molecule has 0 bridgehead atoms. The minimum atomic E-state index is 1.05. The lowest BCUT2D eigenvalue weighted by Crippen LogP contribution is -1.74. The zero-order valence-electron chi connectivity index (χ0n) is 8.99. The van der Waals surface area contributed by atoms with E-state index in [1.165, 1.54) is 10.8 Å². The molecule has 2 heteroatoms. The molecule has 76 valence electrons. The van der Waals surface area contributed by atoms with Gasteiger partial charge < -0.3 is 4.98 Å². The van der Waals surface area contributed by atoms with Crippen LogP contribution in [-0.2, 0) is 0 Å². The molecule has 3 rings (SSSR count). The van der Waals surface area contributed by atoms with Gasteiger partial charge in [0.05, 0.1) is 17.4 Å². The molecule has 2 aromatic carbocycles. The lowest BCUT2D eigenvalue weighted by atomic mass is 10.1. The van der Waals surface area contributed by atoms with Gasteiger partial charge in [-0.15, -0.1) is 0 Å². The molecule has 0 fully saturated rings. The Kier molecular flexibility index (Phi) is 2.68. The molecular formula is C13H14N2. The van der Waals surface area contributed by atoms with Crippen molar-refractivity contribution in [2.24, 2.45) is 0 Å². The highest BCUT2D eigenvalue weighted by molar-refractivity contribution is 6.03. The molecule has 0 saturated heterocycles. The van der Waals surface area contributed by atoms with Crippen LogP contribution in [0.3, 0.4) is 0 Å². The van der Waals surface area contributed by atoms with Crippen molar-refractivity contribution in [3.8, 4) is 0 Å². The Bertz CT molecular complexity index is 567. The summed E-state index contributed by atoms with van der Waals surface area (Å²) >= 11 is 0. The summed E-state index contributed by atoms with van der Waals surface area (Å²) in [5.41, 5.74) is 2.15. The number of fused-ring (bicyclic) bond motifs is 3. The van der Waals surface area contributed by atoms with Gasteiger partial charge in [-0.25, -0.2) is 4.98 Å².